The Morgan fingerprint density at radius 2 is 1.87 bits per heavy atom. The van der Waals surface area contributed by atoms with E-state index in [0.29, 0.717) is 6.07 Å². The lowest BCUT2D eigenvalue weighted by atomic mass is 9.94. The van der Waals surface area contributed by atoms with Crippen molar-refractivity contribution in [3.8, 4) is 17.0 Å². The number of alkyl halides is 3. The highest BCUT2D eigenvalue weighted by molar-refractivity contribution is 6.31. The van der Waals surface area contributed by atoms with Gasteiger partial charge in [0.2, 0.25) is 11.5 Å². The minimum absolute atomic E-state index is 0.0449. The van der Waals surface area contributed by atoms with Gasteiger partial charge in [-0.05, 0) is 19.1 Å². The van der Waals surface area contributed by atoms with E-state index in [1.807, 2.05) is 0 Å². The van der Waals surface area contributed by atoms with Gasteiger partial charge in [0, 0.05) is 23.7 Å². The molecule has 1 heterocycles. The first-order valence-corrected chi connectivity index (χ1v) is 8.83. The zero-order chi connectivity index (χ0) is 22.9. The lowest BCUT2D eigenvalue weighted by Gasteiger charge is -2.30. The molecule has 1 atom stereocenters. The molecular formula is C18H17ClF5N3O3. The Bertz CT molecular complexity index is 971. The van der Waals surface area contributed by atoms with Crippen LogP contribution < -0.4 is 16.2 Å². The normalized spacial score (nSPS) is 13.8. The molecule has 0 saturated heterocycles. The standard InChI is InChI=1S/C18H17ClF5N3O3/c1-2-30-16-8(4-14(26)28)3-13(17(29,7-25)18(22,23)24)27-15(16)9-5-10(19)12(21)6-11(9)20/h3,5-6,29H,2,4,7,25H2,1H3,(H2,26,28)/t17-/m0/s1. The number of ether oxygens (including phenoxy) is 1. The highest BCUT2D eigenvalue weighted by Gasteiger charge is 2.55. The Morgan fingerprint density at radius 1 is 1.23 bits per heavy atom. The van der Waals surface area contributed by atoms with Gasteiger partial charge in [0.05, 0.1) is 23.7 Å². The van der Waals surface area contributed by atoms with Gasteiger partial charge in [0.15, 0.2) is 0 Å². The number of aliphatic hydroxyl groups is 1. The fourth-order valence-corrected chi connectivity index (χ4v) is 2.84. The highest BCUT2D eigenvalue weighted by Crippen LogP contribution is 2.42. The fourth-order valence-electron chi connectivity index (χ4n) is 2.67. The zero-order valence-corrected chi connectivity index (χ0v) is 16.2. The zero-order valence-electron chi connectivity index (χ0n) is 15.5. The second-order valence-corrected chi connectivity index (χ2v) is 6.64. The molecule has 0 bridgehead atoms. The van der Waals surface area contributed by atoms with Gasteiger partial charge in [0.1, 0.15) is 23.1 Å². The SMILES string of the molecule is CCOc1c(CC(N)=O)cc([C@@](O)(CN)C(F)(F)F)nc1-c1cc(Cl)c(F)cc1F. The summed E-state index contributed by atoms with van der Waals surface area (Å²) in [6.07, 6.45) is -5.88. The average molecular weight is 454 g/mol. The van der Waals surface area contributed by atoms with Gasteiger partial charge < -0.3 is 21.3 Å². The van der Waals surface area contributed by atoms with E-state index in [-0.39, 0.29) is 17.9 Å². The Balaban J connectivity index is 2.94. The van der Waals surface area contributed by atoms with Crippen LogP contribution in [0.5, 0.6) is 5.75 Å². The number of primary amides is 1. The monoisotopic (exact) mass is 453 g/mol. The predicted octanol–water partition coefficient (Wildman–Crippen LogP) is 2.82. The molecule has 2 aromatic rings. The molecule has 12 heteroatoms. The number of halogens is 6. The first kappa shape index (κ1) is 23.8. The number of nitrogens with zero attached hydrogens (tertiary/aromatic N) is 1. The quantitative estimate of drug-likeness (QED) is 0.441. The van der Waals surface area contributed by atoms with Crippen LogP contribution in [0.25, 0.3) is 11.3 Å². The van der Waals surface area contributed by atoms with Crippen molar-refractivity contribution in [2.24, 2.45) is 11.5 Å². The van der Waals surface area contributed by atoms with Crippen LogP contribution >= 0.6 is 11.6 Å². The summed E-state index contributed by atoms with van der Waals surface area (Å²) < 4.78 is 74.0. The van der Waals surface area contributed by atoms with Crippen molar-refractivity contribution in [3.63, 3.8) is 0 Å². The second-order valence-electron chi connectivity index (χ2n) is 6.23. The van der Waals surface area contributed by atoms with Crippen LogP contribution in [0.2, 0.25) is 5.02 Å². The van der Waals surface area contributed by atoms with Crippen LogP contribution in [0, 0.1) is 11.6 Å². The van der Waals surface area contributed by atoms with Crippen LogP contribution in [0.1, 0.15) is 18.2 Å². The van der Waals surface area contributed by atoms with Crippen molar-refractivity contribution in [2.75, 3.05) is 13.2 Å². The van der Waals surface area contributed by atoms with E-state index in [2.05, 4.69) is 4.98 Å². The Hall–Kier alpha value is -2.50. The molecule has 0 saturated carbocycles. The summed E-state index contributed by atoms with van der Waals surface area (Å²) in [5, 5.41) is 9.66. The summed E-state index contributed by atoms with van der Waals surface area (Å²) in [7, 11) is 0. The number of carbonyl (C=O) groups is 1. The number of hydrogen-bond donors (Lipinski definition) is 3. The van der Waals surface area contributed by atoms with Gasteiger partial charge in [-0.3, -0.25) is 4.79 Å². The smallest absolute Gasteiger partial charge is 0.424 e. The first-order valence-electron chi connectivity index (χ1n) is 8.45. The molecule has 30 heavy (non-hydrogen) atoms. The van der Waals surface area contributed by atoms with Crippen molar-refractivity contribution in [1.29, 1.82) is 0 Å². The number of pyridine rings is 1. The van der Waals surface area contributed by atoms with E-state index in [1.165, 1.54) is 6.92 Å². The Morgan fingerprint density at radius 3 is 2.37 bits per heavy atom. The van der Waals surface area contributed by atoms with Crippen molar-refractivity contribution >= 4 is 17.5 Å². The number of hydrogen-bond acceptors (Lipinski definition) is 5. The molecule has 1 amide bonds. The summed E-state index contributed by atoms with van der Waals surface area (Å²) in [5.74, 6) is -3.54. The molecule has 5 N–H and O–H groups in total. The third kappa shape index (κ3) is 4.47. The van der Waals surface area contributed by atoms with E-state index in [1.54, 1.807) is 0 Å². The van der Waals surface area contributed by atoms with Gasteiger partial charge in [-0.15, -0.1) is 0 Å². The van der Waals surface area contributed by atoms with E-state index in [9.17, 15) is 31.9 Å². The van der Waals surface area contributed by atoms with Crippen LogP contribution in [0.4, 0.5) is 22.0 Å². The highest BCUT2D eigenvalue weighted by atomic mass is 35.5. The minimum atomic E-state index is -5.26. The van der Waals surface area contributed by atoms with E-state index >= 15 is 0 Å². The van der Waals surface area contributed by atoms with Crippen LogP contribution in [-0.2, 0) is 16.8 Å². The van der Waals surface area contributed by atoms with Gasteiger partial charge >= 0.3 is 6.18 Å². The molecule has 0 fully saturated rings. The lowest BCUT2D eigenvalue weighted by Crippen LogP contribution is -2.49. The maximum Gasteiger partial charge on any atom is 0.424 e. The third-order valence-corrected chi connectivity index (χ3v) is 4.45. The number of nitrogens with two attached hydrogens (primary N) is 2. The van der Waals surface area contributed by atoms with Gasteiger partial charge in [0.25, 0.3) is 0 Å². The number of rotatable bonds is 7. The predicted molar refractivity (Wildman–Crippen MR) is 97.7 cm³/mol. The molecule has 0 aliphatic heterocycles. The molecule has 0 radical (unpaired) electrons. The number of amides is 1. The molecule has 0 unspecified atom stereocenters. The summed E-state index contributed by atoms with van der Waals surface area (Å²) in [5.41, 5.74) is 4.41. The number of benzene rings is 1. The minimum Gasteiger partial charge on any atom is -0.491 e. The lowest BCUT2D eigenvalue weighted by molar-refractivity contribution is -0.263. The maximum absolute atomic E-state index is 14.5. The van der Waals surface area contributed by atoms with Crippen molar-refractivity contribution in [3.05, 3.63) is 46.1 Å². The first-order chi connectivity index (χ1) is 13.9. The van der Waals surface area contributed by atoms with Crippen molar-refractivity contribution in [1.82, 2.24) is 4.98 Å². The molecule has 0 aliphatic rings. The van der Waals surface area contributed by atoms with Gasteiger partial charge in [-0.2, -0.15) is 13.2 Å². The Labute approximate surface area is 172 Å². The molecular weight excluding hydrogens is 437 g/mol. The largest absolute Gasteiger partial charge is 0.491 e. The number of aromatic nitrogens is 1. The molecule has 164 valence electrons. The summed E-state index contributed by atoms with van der Waals surface area (Å²) in [6, 6.07) is 1.96. The molecule has 1 aromatic carbocycles. The molecule has 0 spiro atoms. The van der Waals surface area contributed by atoms with Gasteiger partial charge in [-0.1, -0.05) is 11.6 Å². The van der Waals surface area contributed by atoms with E-state index < -0.39 is 64.3 Å². The van der Waals surface area contributed by atoms with E-state index in [0.717, 1.165) is 12.1 Å². The van der Waals surface area contributed by atoms with E-state index in [4.69, 9.17) is 27.8 Å². The summed E-state index contributed by atoms with van der Waals surface area (Å²) >= 11 is 5.69. The maximum atomic E-state index is 14.5. The van der Waals surface area contributed by atoms with Crippen LogP contribution in [0.15, 0.2) is 18.2 Å². The van der Waals surface area contributed by atoms with Crippen molar-refractivity contribution < 1.29 is 36.6 Å². The summed E-state index contributed by atoms with van der Waals surface area (Å²) in [4.78, 5) is 15.2. The fraction of sp³-hybridized carbons (Fsp3) is 0.333. The molecule has 2 rings (SSSR count). The molecule has 0 aliphatic carbocycles. The molecule has 6 nitrogen and oxygen atoms in total. The van der Waals surface area contributed by atoms with Crippen molar-refractivity contribution in [2.45, 2.75) is 25.1 Å². The average Bonchev–Trinajstić information content (AvgIpc) is 2.64. The number of carbonyl (C=O) groups excluding carboxylic acids is 1. The topological polar surface area (TPSA) is 111 Å². The summed E-state index contributed by atoms with van der Waals surface area (Å²) in [6.45, 7) is 0.155. The van der Waals surface area contributed by atoms with Crippen LogP contribution in [-0.4, -0.2) is 35.3 Å². The third-order valence-electron chi connectivity index (χ3n) is 4.16. The second kappa shape index (κ2) is 8.70. The Kier molecular flexibility index (Phi) is 6.90. The van der Waals surface area contributed by atoms with Crippen LogP contribution in [0.3, 0.4) is 0 Å². The van der Waals surface area contributed by atoms with Gasteiger partial charge in [-0.25, -0.2) is 13.8 Å². The molecule has 1 aromatic heterocycles.